The predicted octanol–water partition coefficient (Wildman–Crippen LogP) is 3.79. The first kappa shape index (κ1) is 21.0. The molecule has 0 unspecified atom stereocenters. The van der Waals surface area contributed by atoms with Crippen molar-refractivity contribution in [1.82, 2.24) is 4.57 Å². The van der Waals surface area contributed by atoms with Crippen LogP contribution in [-0.4, -0.2) is 44.4 Å². The minimum Gasteiger partial charge on any atom is -0.493 e. The van der Waals surface area contributed by atoms with Gasteiger partial charge in [-0.2, -0.15) is 0 Å². The molecule has 0 radical (unpaired) electrons. The molecule has 0 saturated carbocycles. The summed E-state index contributed by atoms with van der Waals surface area (Å²) in [5.41, 5.74) is 8.10. The third-order valence-electron chi connectivity index (χ3n) is 4.82. The second-order valence-corrected chi connectivity index (χ2v) is 6.51. The van der Waals surface area contributed by atoms with Gasteiger partial charge in [0.25, 0.3) is 0 Å². The van der Waals surface area contributed by atoms with Crippen LogP contribution in [0.25, 0.3) is 10.9 Å². The minimum atomic E-state index is -0.677. The van der Waals surface area contributed by atoms with E-state index in [1.54, 1.807) is 13.0 Å². The van der Waals surface area contributed by atoms with E-state index in [1.807, 2.05) is 19.1 Å². The first-order chi connectivity index (χ1) is 14.4. The van der Waals surface area contributed by atoms with Crippen LogP contribution in [0.5, 0.6) is 17.2 Å². The molecule has 0 aliphatic carbocycles. The van der Waals surface area contributed by atoms with Gasteiger partial charge in [-0.1, -0.05) is 18.2 Å². The lowest BCUT2D eigenvalue weighted by Crippen LogP contribution is -2.20. The van der Waals surface area contributed by atoms with Gasteiger partial charge in [0.05, 0.1) is 39.1 Å². The molecule has 0 bridgehead atoms. The molecule has 3 aromatic rings. The second-order valence-electron chi connectivity index (χ2n) is 6.51. The number of benzene rings is 2. The summed E-state index contributed by atoms with van der Waals surface area (Å²) in [6.07, 6.45) is -0.677. The highest BCUT2D eigenvalue weighted by Gasteiger charge is 2.29. The number of para-hydroxylation sites is 1. The number of ketones is 1. The molecule has 8 nitrogen and oxygen atoms in total. The van der Waals surface area contributed by atoms with E-state index in [9.17, 15) is 9.59 Å². The van der Waals surface area contributed by atoms with Crippen LogP contribution in [0.4, 0.5) is 10.5 Å². The van der Waals surface area contributed by atoms with Crippen LogP contribution in [0.3, 0.4) is 0 Å². The van der Waals surface area contributed by atoms with Crippen LogP contribution in [0, 0.1) is 6.92 Å². The summed E-state index contributed by atoms with van der Waals surface area (Å²) in [6, 6.07) is 8.45. The zero-order valence-corrected chi connectivity index (χ0v) is 17.6. The maximum absolute atomic E-state index is 13.6. The number of aryl methyl sites for hydroxylation is 1. The molecule has 0 aliphatic rings. The molecule has 0 amide bonds. The summed E-state index contributed by atoms with van der Waals surface area (Å²) in [5.74, 6) is 0.504. The van der Waals surface area contributed by atoms with Gasteiger partial charge in [0, 0.05) is 10.9 Å². The zero-order valence-electron chi connectivity index (χ0n) is 17.6. The Morgan fingerprint density at radius 1 is 1.03 bits per heavy atom. The number of nitrogens with zero attached hydrogens (tertiary/aromatic N) is 1. The Morgan fingerprint density at radius 2 is 1.67 bits per heavy atom. The van der Waals surface area contributed by atoms with Crippen molar-refractivity contribution in [3.63, 3.8) is 0 Å². The molecule has 0 fully saturated rings. The lowest BCUT2D eigenvalue weighted by molar-refractivity contribution is 0.102. The summed E-state index contributed by atoms with van der Waals surface area (Å²) < 4.78 is 22.4. The number of carbonyl (C=O) groups is 2. The molecule has 2 N–H and O–H groups in total. The highest BCUT2D eigenvalue weighted by atomic mass is 16.5. The van der Waals surface area contributed by atoms with Crippen molar-refractivity contribution in [3.8, 4) is 17.2 Å². The SMILES string of the molecule is CCOC(=O)n1c(C(=O)c2cc(OC)c(OC)c(OC)c2)c(N)c2cccc(C)c21. The van der Waals surface area contributed by atoms with Gasteiger partial charge in [0.2, 0.25) is 11.5 Å². The molecule has 8 heteroatoms. The van der Waals surface area contributed by atoms with E-state index < -0.39 is 11.9 Å². The summed E-state index contributed by atoms with van der Waals surface area (Å²) >= 11 is 0. The molecule has 3 rings (SSSR count). The number of nitrogens with two attached hydrogens (primary N) is 1. The van der Waals surface area contributed by atoms with E-state index in [1.165, 1.54) is 38.0 Å². The van der Waals surface area contributed by atoms with Gasteiger partial charge in [-0.3, -0.25) is 4.79 Å². The molecule has 0 spiro atoms. The fourth-order valence-corrected chi connectivity index (χ4v) is 3.48. The van der Waals surface area contributed by atoms with Crippen LogP contribution < -0.4 is 19.9 Å². The zero-order chi connectivity index (χ0) is 22.0. The summed E-state index contributed by atoms with van der Waals surface area (Å²) in [6.45, 7) is 3.69. The minimum absolute atomic E-state index is 0.0204. The Kier molecular flexibility index (Phi) is 5.86. The largest absolute Gasteiger partial charge is 0.493 e. The van der Waals surface area contributed by atoms with Crippen molar-refractivity contribution in [1.29, 1.82) is 0 Å². The number of fused-ring (bicyclic) bond motifs is 1. The fraction of sp³-hybridized carbons (Fsp3) is 0.273. The normalized spacial score (nSPS) is 10.7. The van der Waals surface area contributed by atoms with Crippen molar-refractivity contribution >= 4 is 28.5 Å². The molecule has 0 atom stereocenters. The number of hydrogen-bond acceptors (Lipinski definition) is 7. The van der Waals surface area contributed by atoms with E-state index in [0.29, 0.717) is 28.2 Å². The van der Waals surface area contributed by atoms with E-state index in [4.69, 9.17) is 24.7 Å². The topological polar surface area (TPSA) is 102 Å². The average molecular weight is 412 g/mol. The van der Waals surface area contributed by atoms with Gasteiger partial charge in [0.1, 0.15) is 5.69 Å². The quantitative estimate of drug-likeness (QED) is 0.615. The Bertz CT molecular complexity index is 1110. The maximum Gasteiger partial charge on any atom is 0.419 e. The fourth-order valence-electron chi connectivity index (χ4n) is 3.48. The Hall–Kier alpha value is -3.68. The summed E-state index contributed by atoms with van der Waals surface area (Å²) in [7, 11) is 4.39. The highest BCUT2D eigenvalue weighted by molar-refractivity contribution is 6.19. The highest BCUT2D eigenvalue weighted by Crippen LogP contribution is 2.40. The number of hydrogen-bond donors (Lipinski definition) is 1. The van der Waals surface area contributed by atoms with Crippen molar-refractivity contribution in [2.75, 3.05) is 33.7 Å². The first-order valence-corrected chi connectivity index (χ1v) is 9.30. The van der Waals surface area contributed by atoms with Gasteiger partial charge in [-0.05, 0) is 31.5 Å². The third-order valence-corrected chi connectivity index (χ3v) is 4.82. The van der Waals surface area contributed by atoms with E-state index in [0.717, 1.165) is 5.56 Å². The average Bonchev–Trinajstić information content (AvgIpc) is 3.06. The van der Waals surface area contributed by atoms with Crippen LogP contribution in [0.1, 0.15) is 28.5 Å². The number of anilines is 1. The molecular formula is C22H24N2O6. The maximum atomic E-state index is 13.6. The van der Waals surface area contributed by atoms with Crippen LogP contribution in [0.2, 0.25) is 0 Å². The summed E-state index contributed by atoms with van der Waals surface area (Å²) in [4.78, 5) is 26.3. The number of aromatic nitrogens is 1. The van der Waals surface area contributed by atoms with Gasteiger partial charge in [-0.15, -0.1) is 0 Å². The second kappa shape index (κ2) is 8.36. The number of carbonyl (C=O) groups excluding carboxylic acids is 2. The van der Waals surface area contributed by atoms with Crippen LogP contribution in [-0.2, 0) is 4.74 Å². The molecule has 30 heavy (non-hydrogen) atoms. The standard InChI is InChI=1S/C22H24N2O6/c1-6-30-22(26)24-18-12(2)8-7-9-14(18)17(23)19(24)20(25)13-10-15(27-3)21(29-5)16(11-13)28-4/h7-11H,6,23H2,1-5H3. The molecular weight excluding hydrogens is 388 g/mol. The van der Waals surface area contributed by atoms with Gasteiger partial charge in [0.15, 0.2) is 11.5 Å². The number of ether oxygens (including phenoxy) is 4. The number of rotatable bonds is 6. The van der Waals surface area contributed by atoms with Crippen molar-refractivity contribution < 1.29 is 28.5 Å². The molecule has 158 valence electrons. The lowest BCUT2D eigenvalue weighted by Gasteiger charge is -2.14. The Morgan fingerprint density at radius 3 is 2.20 bits per heavy atom. The van der Waals surface area contributed by atoms with Crippen molar-refractivity contribution in [2.45, 2.75) is 13.8 Å². The predicted molar refractivity (Wildman–Crippen MR) is 113 cm³/mol. The van der Waals surface area contributed by atoms with Crippen molar-refractivity contribution in [2.24, 2.45) is 0 Å². The molecule has 0 saturated heterocycles. The van der Waals surface area contributed by atoms with E-state index >= 15 is 0 Å². The van der Waals surface area contributed by atoms with E-state index in [-0.39, 0.29) is 23.6 Å². The number of nitrogen functional groups attached to an aromatic ring is 1. The molecule has 0 aliphatic heterocycles. The Balaban J connectivity index is 2.31. The van der Waals surface area contributed by atoms with Gasteiger partial charge in [-0.25, -0.2) is 9.36 Å². The van der Waals surface area contributed by atoms with Crippen LogP contribution in [0.15, 0.2) is 30.3 Å². The molecule has 1 heterocycles. The van der Waals surface area contributed by atoms with Gasteiger partial charge < -0.3 is 24.7 Å². The first-order valence-electron chi connectivity index (χ1n) is 9.30. The van der Waals surface area contributed by atoms with Crippen molar-refractivity contribution in [3.05, 3.63) is 47.2 Å². The Labute approximate surface area is 174 Å². The van der Waals surface area contributed by atoms with Crippen LogP contribution >= 0.6 is 0 Å². The lowest BCUT2D eigenvalue weighted by atomic mass is 10.0. The summed E-state index contributed by atoms with van der Waals surface area (Å²) in [5, 5.41) is 0.596. The molecule has 1 aromatic heterocycles. The van der Waals surface area contributed by atoms with E-state index in [2.05, 4.69) is 0 Å². The monoisotopic (exact) mass is 412 g/mol. The van der Waals surface area contributed by atoms with Gasteiger partial charge >= 0.3 is 6.09 Å². The molecule has 2 aromatic carbocycles. The number of methoxy groups -OCH3 is 3. The smallest absolute Gasteiger partial charge is 0.419 e. The third kappa shape index (κ3) is 3.30.